The number of urea groups is 1. The van der Waals surface area contributed by atoms with Crippen LogP contribution in [0.3, 0.4) is 0 Å². The molecule has 0 radical (unpaired) electrons. The number of rotatable bonds is 10. The molecule has 2 aromatic carbocycles. The first-order valence-electron chi connectivity index (χ1n) is 14.1. The molecular formula is C31H37ClN4O3. The van der Waals surface area contributed by atoms with E-state index in [1.54, 1.807) is 0 Å². The van der Waals surface area contributed by atoms with Crippen molar-refractivity contribution in [3.63, 3.8) is 0 Å². The fourth-order valence-corrected chi connectivity index (χ4v) is 5.29. The van der Waals surface area contributed by atoms with Gasteiger partial charge in [0.15, 0.2) is 6.29 Å². The van der Waals surface area contributed by atoms with Crippen molar-refractivity contribution in [1.82, 2.24) is 4.98 Å². The number of halogens is 1. The van der Waals surface area contributed by atoms with Gasteiger partial charge in [0, 0.05) is 48.3 Å². The molecule has 5 rings (SSSR count). The molecule has 2 aliphatic heterocycles. The number of anilines is 3. The van der Waals surface area contributed by atoms with Crippen molar-refractivity contribution in [2.45, 2.75) is 57.7 Å². The number of carbonyl (C=O) groups excluding carboxylic acids is 1. The summed E-state index contributed by atoms with van der Waals surface area (Å²) < 4.78 is 11.4. The SMILES string of the molecule is O=C(Nc1cccc(-c2cccc(N3CCCC3)n2)c1)Nc1ccc(Cl)c(CCCCOC2CCCCO2)c1. The van der Waals surface area contributed by atoms with E-state index in [4.69, 9.17) is 26.1 Å². The number of hydrogen-bond acceptors (Lipinski definition) is 5. The van der Waals surface area contributed by atoms with Crippen LogP contribution in [0.1, 0.15) is 50.5 Å². The first kappa shape index (κ1) is 27.4. The average Bonchev–Trinajstić information content (AvgIpc) is 3.51. The Labute approximate surface area is 235 Å². The lowest BCUT2D eigenvalue weighted by Gasteiger charge is -2.22. The van der Waals surface area contributed by atoms with E-state index in [0.717, 1.165) is 74.4 Å². The van der Waals surface area contributed by atoms with Gasteiger partial charge >= 0.3 is 6.03 Å². The van der Waals surface area contributed by atoms with Gasteiger partial charge in [0.05, 0.1) is 5.69 Å². The summed E-state index contributed by atoms with van der Waals surface area (Å²) in [5.41, 5.74) is 4.27. The summed E-state index contributed by atoms with van der Waals surface area (Å²) in [6.07, 6.45) is 8.33. The lowest BCUT2D eigenvalue weighted by atomic mass is 10.1. The minimum atomic E-state index is -0.305. The quantitative estimate of drug-likeness (QED) is 0.256. The number of carbonyl (C=O) groups is 1. The zero-order valence-electron chi connectivity index (χ0n) is 22.3. The van der Waals surface area contributed by atoms with Gasteiger partial charge in [-0.1, -0.05) is 29.8 Å². The molecule has 8 heteroatoms. The Bertz CT molecular complexity index is 1240. The van der Waals surface area contributed by atoms with Crippen LogP contribution in [0.4, 0.5) is 22.0 Å². The molecule has 2 aliphatic rings. The zero-order valence-corrected chi connectivity index (χ0v) is 23.1. The van der Waals surface area contributed by atoms with Crippen molar-refractivity contribution in [2.24, 2.45) is 0 Å². The maximum Gasteiger partial charge on any atom is 0.323 e. The Kier molecular flexibility index (Phi) is 9.70. The molecule has 3 heterocycles. The average molecular weight is 549 g/mol. The highest BCUT2D eigenvalue weighted by Gasteiger charge is 2.15. The molecular weight excluding hydrogens is 512 g/mol. The third kappa shape index (κ3) is 7.94. The Hall–Kier alpha value is -3.13. The number of nitrogens with zero attached hydrogens (tertiary/aromatic N) is 2. The second kappa shape index (κ2) is 13.8. The number of benzene rings is 2. The van der Waals surface area contributed by atoms with Crippen molar-refractivity contribution >= 4 is 34.8 Å². The van der Waals surface area contributed by atoms with Gasteiger partial charge in [-0.2, -0.15) is 0 Å². The molecule has 0 saturated carbocycles. The predicted octanol–water partition coefficient (Wildman–Crippen LogP) is 7.51. The van der Waals surface area contributed by atoms with Crippen LogP contribution in [0.2, 0.25) is 5.02 Å². The van der Waals surface area contributed by atoms with Crippen LogP contribution < -0.4 is 15.5 Å². The number of unbranched alkanes of at least 4 members (excludes halogenated alkanes) is 1. The van der Waals surface area contributed by atoms with Gasteiger partial charge in [0.25, 0.3) is 0 Å². The molecule has 3 aromatic rings. The van der Waals surface area contributed by atoms with Crippen LogP contribution >= 0.6 is 11.6 Å². The minimum absolute atomic E-state index is 0.0505. The summed E-state index contributed by atoms with van der Waals surface area (Å²) in [6, 6.07) is 19.2. The van der Waals surface area contributed by atoms with Gasteiger partial charge in [0.2, 0.25) is 0 Å². The molecule has 2 N–H and O–H groups in total. The third-order valence-corrected chi connectivity index (χ3v) is 7.54. The van der Waals surface area contributed by atoms with E-state index in [1.165, 1.54) is 19.3 Å². The number of aromatic nitrogens is 1. The number of pyridine rings is 1. The monoisotopic (exact) mass is 548 g/mol. The summed E-state index contributed by atoms with van der Waals surface area (Å²) in [4.78, 5) is 20.0. The van der Waals surface area contributed by atoms with Crippen molar-refractivity contribution < 1.29 is 14.3 Å². The van der Waals surface area contributed by atoms with Crippen molar-refractivity contribution in [3.8, 4) is 11.3 Å². The number of ether oxygens (including phenoxy) is 2. The van der Waals surface area contributed by atoms with Crippen LogP contribution in [0, 0.1) is 0 Å². The highest BCUT2D eigenvalue weighted by atomic mass is 35.5. The summed E-state index contributed by atoms with van der Waals surface area (Å²) >= 11 is 6.44. The van der Waals surface area contributed by atoms with Gasteiger partial charge in [-0.25, -0.2) is 9.78 Å². The molecule has 39 heavy (non-hydrogen) atoms. The zero-order chi connectivity index (χ0) is 26.9. The topological polar surface area (TPSA) is 75.7 Å². The molecule has 0 aliphatic carbocycles. The lowest BCUT2D eigenvalue weighted by molar-refractivity contribution is -0.162. The molecule has 1 aromatic heterocycles. The summed E-state index contributed by atoms with van der Waals surface area (Å²) in [5, 5.41) is 6.58. The molecule has 0 bridgehead atoms. The Morgan fingerprint density at radius 2 is 1.79 bits per heavy atom. The summed E-state index contributed by atoms with van der Waals surface area (Å²) in [6.45, 7) is 3.58. The molecule has 0 spiro atoms. The normalized spacial score (nSPS) is 17.3. The van der Waals surface area contributed by atoms with E-state index in [0.29, 0.717) is 23.0 Å². The van der Waals surface area contributed by atoms with E-state index in [9.17, 15) is 4.79 Å². The van der Waals surface area contributed by atoms with Gasteiger partial charge in [0.1, 0.15) is 5.82 Å². The van der Waals surface area contributed by atoms with Crippen molar-refractivity contribution in [1.29, 1.82) is 0 Å². The van der Waals surface area contributed by atoms with Crippen LogP contribution in [0.25, 0.3) is 11.3 Å². The van der Waals surface area contributed by atoms with E-state index >= 15 is 0 Å². The van der Waals surface area contributed by atoms with E-state index in [1.807, 2.05) is 54.6 Å². The molecule has 2 saturated heterocycles. The maximum absolute atomic E-state index is 12.8. The van der Waals surface area contributed by atoms with Crippen LogP contribution in [-0.4, -0.2) is 43.6 Å². The Morgan fingerprint density at radius 3 is 2.62 bits per heavy atom. The first-order valence-corrected chi connectivity index (χ1v) is 14.4. The van der Waals surface area contributed by atoms with Gasteiger partial charge in [-0.05, 0) is 99.4 Å². The van der Waals surface area contributed by atoms with Gasteiger partial charge < -0.3 is 25.0 Å². The number of hydrogen-bond donors (Lipinski definition) is 2. The number of aryl methyl sites for hydroxylation is 1. The summed E-state index contributed by atoms with van der Waals surface area (Å²) in [7, 11) is 0. The molecule has 2 fully saturated rings. The fraction of sp³-hybridized carbons (Fsp3) is 0.419. The van der Waals surface area contributed by atoms with Crippen LogP contribution in [0.15, 0.2) is 60.7 Å². The first-order chi connectivity index (χ1) is 19.1. The Morgan fingerprint density at radius 1 is 0.974 bits per heavy atom. The number of amides is 2. The third-order valence-electron chi connectivity index (χ3n) is 7.17. The van der Waals surface area contributed by atoms with Crippen LogP contribution in [0.5, 0.6) is 0 Å². The van der Waals surface area contributed by atoms with E-state index in [2.05, 4.69) is 21.6 Å². The standard InChI is InChI=1S/C31H37ClN4O3/c32-27-16-15-26(21-23(27)9-1-5-19-38-30-14-2-6-20-39-30)34-31(37)33-25-11-7-10-24(22-25)28-12-8-13-29(35-28)36-17-3-4-18-36/h7-8,10-13,15-16,21-22,30H,1-6,9,14,17-20H2,(H2,33,34,37). The van der Waals surface area contributed by atoms with Crippen molar-refractivity contribution in [3.05, 3.63) is 71.2 Å². The predicted molar refractivity (Wildman–Crippen MR) is 158 cm³/mol. The minimum Gasteiger partial charge on any atom is -0.357 e. The summed E-state index contributed by atoms with van der Waals surface area (Å²) in [5.74, 6) is 1.01. The molecule has 2 amide bonds. The highest BCUT2D eigenvalue weighted by molar-refractivity contribution is 6.31. The van der Waals surface area contributed by atoms with Gasteiger partial charge in [-0.15, -0.1) is 0 Å². The van der Waals surface area contributed by atoms with Crippen LogP contribution in [-0.2, 0) is 15.9 Å². The highest BCUT2D eigenvalue weighted by Crippen LogP contribution is 2.26. The molecule has 1 atom stereocenters. The Balaban J connectivity index is 1.13. The molecule has 1 unspecified atom stereocenters. The smallest absolute Gasteiger partial charge is 0.323 e. The lowest BCUT2D eigenvalue weighted by Crippen LogP contribution is -2.22. The maximum atomic E-state index is 12.8. The van der Waals surface area contributed by atoms with E-state index < -0.39 is 0 Å². The molecule has 7 nitrogen and oxygen atoms in total. The largest absolute Gasteiger partial charge is 0.357 e. The number of nitrogens with one attached hydrogen (secondary N) is 2. The van der Waals surface area contributed by atoms with E-state index in [-0.39, 0.29) is 12.3 Å². The van der Waals surface area contributed by atoms with Gasteiger partial charge in [-0.3, -0.25) is 0 Å². The second-order valence-corrected chi connectivity index (χ2v) is 10.6. The van der Waals surface area contributed by atoms with Crippen molar-refractivity contribution in [2.75, 3.05) is 41.8 Å². The second-order valence-electron chi connectivity index (χ2n) is 10.2. The fourth-order valence-electron chi connectivity index (χ4n) is 5.08. The molecule has 206 valence electrons.